The lowest BCUT2D eigenvalue weighted by molar-refractivity contribution is 0.598. The summed E-state index contributed by atoms with van der Waals surface area (Å²) < 4.78 is 1.94. The molecule has 3 heteroatoms. The Kier molecular flexibility index (Phi) is 2.55. The van der Waals surface area contributed by atoms with Crippen molar-refractivity contribution < 1.29 is 0 Å². The van der Waals surface area contributed by atoms with Gasteiger partial charge in [0.05, 0.1) is 0 Å². The third kappa shape index (κ3) is 1.74. The summed E-state index contributed by atoms with van der Waals surface area (Å²) in [7, 11) is 0. The molecule has 0 N–H and O–H groups in total. The maximum absolute atomic E-state index is 5.76. The Morgan fingerprint density at radius 3 is 2.64 bits per heavy atom. The summed E-state index contributed by atoms with van der Waals surface area (Å²) in [5.74, 6) is 0.495. The lowest BCUT2D eigenvalue weighted by Gasteiger charge is -2.06. The fourth-order valence-corrected chi connectivity index (χ4v) is 1.32. The number of aryl methyl sites for hydroxylation is 1. The minimum absolute atomic E-state index is 0.495. The quantitative estimate of drug-likeness (QED) is 0.671. The van der Waals surface area contributed by atoms with Crippen molar-refractivity contribution in [2.75, 3.05) is 0 Å². The molecule has 0 aliphatic rings. The second-order valence-corrected chi connectivity index (χ2v) is 3.25. The second kappa shape index (κ2) is 3.26. The van der Waals surface area contributed by atoms with E-state index in [2.05, 4.69) is 25.9 Å². The first-order chi connectivity index (χ1) is 5.15. The lowest BCUT2D eigenvalue weighted by atomic mass is 10.1. The van der Waals surface area contributed by atoms with Gasteiger partial charge in [-0.1, -0.05) is 25.4 Å². The molecule has 11 heavy (non-hydrogen) atoms. The van der Waals surface area contributed by atoms with Gasteiger partial charge in [-0.05, 0) is 18.9 Å². The molecule has 1 aromatic heterocycles. The van der Waals surface area contributed by atoms with Crippen LogP contribution in [0.5, 0.6) is 0 Å². The molecule has 62 valence electrons. The summed E-state index contributed by atoms with van der Waals surface area (Å²) in [6.07, 6.45) is 0. The van der Waals surface area contributed by atoms with Gasteiger partial charge in [0.25, 0.3) is 0 Å². The Balaban J connectivity index is 3.02. The Hall–Kier alpha value is -0.500. The van der Waals surface area contributed by atoms with Gasteiger partial charge >= 0.3 is 0 Å². The van der Waals surface area contributed by atoms with Crippen LogP contribution < -0.4 is 0 Å². The van der Waals surface area contributed by atoms with E-state index in [0.29, 0.717) is 11.1 Å². The van der Waals surface area contributed by atoms with E-state index in [0.717, 1.165) is 6.54 Å². The summed E-state index contributed by atoms with van der Waals surface area (Å²) in [6, 6.07) is 1.93. The van der Waals surface area contributed by atoms with E-state index in [4.69, 9.17) is 11.6 Å². The van der Waals surface area contributed by atoms with Gasteiger partial charge < -0.3 is 0 Å². The smallest absolute Gasteiger partial charge is 0.151 e. The van der Waals surface area contributed by atoms with Gasteiger partial charge in [0.1, 0.15) is 0 Å². The predicted molar refractivity (Wildman–Crippen MR) is 47.0 cm³/mol. The average molecular weight is 173 g/mol. The molecule has 2 nitrogen and oxygen atoms in total. The third-order valence-corrected chi connectivity index (χ3v) is 1.86. The van der Waals surface area contributed by atoms with Crippen LogP contribution in [0.4, 0.5) is 0 Å². The molecular formula is C8H13ClN2. The Bertz CT molecular complexity index is 240. The van der Waals surface area contributed by atoms with Gasteiger partial charge in [-0.3, -0.25) is 4.68 Å². The number of aromatic nitrogens is 2. The highest BCUT2D eigenvalue weighted by Crippen LogP contribution is 2.18. The zero-order valence-corrected chi connectivity index (χ0v) is 7.89. The SMILES string of the molecule is CCn1nc(Cl)cc1C(C)C. The molecule has 0 aliphatic heterocycles. The fourth-order valence-electron chi connectivity index (χ4n) is 1.12. The summed E-state index contributed by atoms with van der Waals surface area (Å²) in [5, 5.41) is 4.73. The van der Waals surface area contributed by atoms with Crippen molar-refractivity contribution in [2.45, 2.75) is 33.2 Å². The zero-order chi connectivity index (χ0) is 8.43. The number of rotatable bonds is 2. The molecule has 0 unspecified atom stereocenters. The topological polar surface area (TPSA) is 17.8 Å². The van der Waals surface area contributed by atoms with Crippen LogP contribution in [0.15, 0.2) is 6.07 Å². The van der Waals surface area contributed by atoms with Gasteiger partial charge in [-0.2, -0.15) is 5.10 Å². The van der Waals surface area contributed by atoms with E-state index in [1.165, 1.54) is 5.69 Å². The molecule has 0 aliphatic carbocycles. The van der Waals surface area contributed by atoms with E-state index >= 15 is 0 Å². The molecule has 0 saturated heterocycles. The normalized spacial score (nSPS) is 11.0. The van der Waals surface area contributed by atoms with Gasteiger partial charge in [0.15, 0.2) is 5.15 Å². The molecule has 0 bridgehead atoms. The van der Waals surface area contributed by atoms with Gasteiger partial charge in [-0.25, -0.2) is 0 Å². The van der Waals surface area contributed by atoms with Crippen LogP contribution in [0.3, 0.4) is 0 Å². The Morgan fingerprint density at radius 2 is 2.27 bits per heavy atom. The summed E-state index contributed by atoms with van der Waals surface area (Å²) in [6.45, 7) is 7.23. The van der Waals surface area contributed by atoms with Crippen molar-refractivity contribution in [2.24, 2.45) is 0 Å². The van der Waals surface area contributed by atoms with Crippen LogP contribution in [0, 0.1) is 0 Å². The molecule has 0 aromatic carbocycles. The molecule has 0 spiro atoms. The second-order valence-electron chi connectivity index (χ2n) is 2.86. The number of hydrogen-bond donors (Lipinski definition) is 0. The molecule has 1 aromatic rings. The highest BCUT2D eigenvalue weighted by molar-refractivity contribution is 6.29. The fraction of sp³-hybridized carbons (Fsp3) is 0.625. The predicted octanol–water partition coefficient (Wildman–Crippen LogP) is 2.68. The van der Waals surface area contributed by atoms with E-state index in [9.17, 15) is 0 Å². The van der Waals surface area contributed by atoms with Gasteiger partial charge in [-0.15, -0.1) is 0 Å². The molecule has 0 amide bonds. The number of nitrogens with zero attached hydrogens (tertiary/aromatic N) is 2. The summed E-state index contributed by atoms with van der Waals surface area (Å²) >= 11 is 5.76. The van der Waals surface area contributed by atoms with Crippen molar-refractivity contribution in [3.8, 4) is 0 Å². The minimum Gasteiger partial charge on any atom is -0.268 e. The van der Waals surface area contributed by atoms with Crippen LogP contribution in [-0.2, 0) is 6.54 Å². The monoisotopic (exact) mass is 172 g/mol. The van der Waals surface area contributed by atoms with Crippen LogP contribution in [-0.4, -0.2) is 9.78 Å². The van der Waals surface area contributed by atoms with Crippen molar-refractivity contribution in [1.82, 2.24) is 9.78 Å². The van der Waals surface area contributed by atoms with Crippen LogP contribution in [0.2, 0.25) is 5.15 Å². The van der Waals surface area contributed by atoms with Crippen molar-refractivity contribution in [1.29, 1.82) is 0 Å². The van der Waals surface area contributed by atoms with Crippen LogP contribution in [0.1, 0.15) is 32.4 Å². The third-order valence-electron chi connectivity index (χ3n) is 1.67. The van der Waals surface area contributed by atoms with Gasteiger partial charge in [0.2, 0.25) is 0 Å². The lowest BCUT2D eigenvalue weighted by Crippen LogP contribution is -2.03. The van der Waals surface area contributed by atoms with Crippen molar-refractivity contribution in [3.05, 3.63) is 16.9 Å². The Labute approximate surface area is 72.2 Å². The molecule has 0 saturated carbocycles. The zero-order valence-electron chi connectivity index (χ0n) is 7.13. The first-order valence-electron chi connectivity index (χ1n) is 3.88. The van der Waals surface area contributed by atoms with Crippen LogP contribution >= 0.6 is 11.6 Å². The number of hydrogen-bond acceptors (Lipinski definition) is 1. The van der Waals surface area contributed by atoms with Gasteiger partial charge in [0, 0.05) is 12.2 Å². The molecular weight excluding hydrogens is 160 g/mol. The van der Waals surface area contributed by atoms with E-state index in [1.54, 1.807) is 0 Å². The van der Waals surface area contributed by atoms with E-state index in [-0.39, 0.29) is 0 Å². The first kappa shape index (κ1) is 8.60. The average Bonchev–Trinajstić information content (AvgIpc) is 2.30. The van der Waals surface area contributed by atoms with E-state index in [1.807, 2.05) is 10.7 Å². The Morgan fingerprint density at radius 1 is 1.64 bits per heavy atom. The minimum atomic E-state index is 0.495. The van der Waals surface area contributed by atoms with Crippen molar-refractivity contribution in [3.63, 3.8) is 0 Å². The highest BCUT2D eigenvalue weighted by atomic mass is 35.5. The molecule has 1 rings (SSSR count). The molecule has 0 fully saturated rings. The standard InChI is InChI=1S/C8H13ClN2/c1-4-11-7(6(2)3)5-8(9)10-11/h5-6H,4H2,1-3H3. The maximum atomic E-state index is 5.76. The largest absolute Gasteiger partial charge is 0.268 e. The van der Waals surface area contributed by atoms with Crippen LogP contribution in [0.25, 0.3) is 0 Å². The van der Waals surface area contributed by atoms with Crippen molar-refractivity contribution >= 4 is 11.6 Å². The molecule has 0 radical (unpaired) electrons. The molecule has 1 heterocycles. The number of halogens is 1. The summed E-state index contributed by atoms with van der Waals surface area (Å²) in [5.41, 5.74) is 1.21. The molecule has 0 atom stereocenters. The maximum Gasteiger partial charge on any atom is 0.151 e. The summed E-state index contributed by atoms with van der Waals surface area (Å²) in [4.78, 5) is 0. The van der Waals surface area contributed by atoms with E-state index < -0.39 is 0 Å². The highest BCUT2D eigenvalue weighted by Gasteiger charge is 2.07. The first-order valence-corrected chi connectivity index (χ1v) is 4.26.